The molecule has 0 spiro atoms. The van der Waals surface area contributed by atoms with Gasteiger partial charge in [-0.05, 0) is 41.5 Å². The van der Waals surface area contributed by atoms with Gasteiger partial charge in [-0.1, -0.05) is 24.3 Å². The first-order valence-corrected chi connectivity index (χ1v) is 8.86. The van der Waals surface area contributed by atoms with E-state index in [1.165, 1.54) is 12.1 Å². The molecule has 0 radical (unpaired) electrons. The molecule has 2 aromatic carbocycles. The fourth-order valence-corrected chi connectivity index (χ4v) is 3.45. The Morgan fingerprint density at radius 1 is 1.11 bits per heavy atom. The molecule has 0 saturated carbocycles. The van der Waals surface area contributed by atoms with Crippen LogP contribution in [0.3, 0.4) is 0 Å². The largest absolute Gasteiger partial charge is 0.416 e. The molecule has 2 heterocycles. The van der Waals surface area contributed by atoms with Crippen molar-refractivity contribution in [1.82, 2.24) is 4.98 Å². The van der Waals surface area contributed by atoms with Crippen molar-refractivity contribution in [1.29, 1.82) is 0 Å². The van der Waals surface area contributed by atoms with E-state index >= 15 is 0 Å². The van der Waals surface area contributed by atoms with Crippen LogP contribution in [0.4, 0.5) is 30.2 Å². The summed E-state index contributed by atoms with van der Waals surface area (Å²) in [5, 5.41) is 6.72. The first-order valence-electron chi connectivity index (χ1n) is 8.86. The van der Waals surface area contributed by atoms with Gasteiger partial charge in [-0.15, -0.1) is 0 Å². The molecule has 4 nitrogen and oxygen atoms in total. The number of nitrogens with zero attached hydrogens (tertiary/aromatic N) is 2. The van der Waals surface area contributed by atoms with Gasteiger partial charge in [-0.25, -0.2) is 0 Å². The first kappa shape index (κ1) is 18.2. The Bertz CT molecular complexity index is 973. The molecule has 0 aliphatic carbocycles. The lowest BCUT2D eigenvalue weighted by Gasteiger charge is -2.24. The van der Waals surface area contributed by atoms with Crippen molar-refractivity contribution in [2.75, 3.05) is 22.6 Å². The minimum atomic E-state index is -4.36. The third-order valence-corrected chi connectivity index (χ3v) is 4.80. The average Bonchev–Trinajstić information content (AvgIpc) is 3.04. The molecule has 7 heteroatoms. The zero-order valence-electron chi connectivity index (χ0n) is 15.2. The van der Waals surface area contributed by atoms with Gasteiger partial charge in [0.1, 0.15) is 6.17 Å². The second-order valence-corrected chi connectivity index (χ2v) is 6.70. The maximum atomic E-state index is 13.1. The number of benzene rings is 2. The number of fused-ring (bicyclic) bond motifs is 1. The highest BCUT2D eigenvalue weighted by molar-refractivity contribution is 5.87. The van der Waals surface area contributed by atoms with E-state index in [0.29, 0.717) is 12.1 Å². The van der Waals surface area contributed by atoms with Crippen molar-refractivity contribution < 1.29 is 13.2 Å². The minimum absolute atomic E-state index is 0.376. The molecule has 144 valence electrons. The standard InChI is InChI=1S/C21H19F3N4/c1-28-19-17(26-13-14-5-4-10-25-12-14)8-3-9-18(19)27-20(28)15-6-2-7-16(11-15)21(22,23)24/h2-12,20,26-27H,13H2,1H3. The van der Waals surface area contributed by atoms with Crippen molar-refractivity contribution >= 4 is 17.1 Å². The number of alkyl halides is 3. The summed E-state index contributed by atoms with van der Waals surface area (Å²) in [6.45, 7) is 0.604. The van der Waals surface area contributed by atoms with E-state index in [2.05, 4.69) is 15.6 Å². The summed E-state index contributed by atoms with van der Waals surface area (Å²) in [6.07, 6.45) is -1.22. The van der Waals surface area contributed by atoms with Gasteiger partial charge >= 0.3 is 6.18 Å². The quantitative estimate of drug-likeness (QED) is 0.643. The molecule has 0 saturated heterocycles. The van der Waals surface area contributed by atoms with Crippen LogP contribution in [0.15, 0.2) is 67.0 Å². The summed E-state index contributed by atoms with van der Waals surface area (Å²) in [5.74, 6) is 0. The molecule has 4 rings (SSSR count). The van der Waals surface area contributed by atoms with E-state index in [9.17, 15) is 13.2 Å². The molecule has 0 bridgehead atoms. The Labute approximate surface area is 161 Å². The summed E-state index contributed by atoms with van der Waals surface area (Å²) >= 11 is 0. The van der Waals surface area contributed by atoms with Gasteiger partial charge in [0.05, 0.1) is 22.6 Å². The summed E-state index contributed by atoms with van der Waals surface area (Å²) < 4.78 is 39.3. The van der Waals surface area contributed by atoms with Crippen LogP contribution in [0.5, 0.6) is 0 Å². The lowest BCUT2D eigenvalue weighted by Crippen LogP contribution is -2.24. The van der Waals surface area contributed by atoms with Crippen molar-refractivity contribution in [3.8, 4) is 0 Å². The van der Waals surface area contributed by atoms with Gasteiger partial charge in [-0.2, -0.15) is 13.2 Å². The number of anilines is 3. The van der Waals surface area contributed by atoms with E-state index in [4.69, 9.17) is 0 Å². The van der Waals surface area contributed by atoms with Crippen molar-refractivity contribution in [3.63, 3.8) is 0 Å². The smallest absolute Gasteiger partial charge is 0.379 e. The predicted molar refractivity (Wildman–Crippen MR) is 104 cm³/mol. The van der Waals surface area contributed by atoms with E-state index in [1.807, 2.05) is 42.3 Å². The van der Waals surface area contributed by atoms with Crippen molar-refractivity contribution in [2.24, 2.45) is 0 Å². The van der Waals surface area contributed by atoms with Crippen LogP contribution in [0, 0.1) is 0 Å². The van der Waals surface area contributed by atoms with Gasteiger partial charge in [0.15, 0.2) is 0 Å². The van der Waals surface area contributed by atoms with Crippen LogP contribution in [0.2, 0.25) is 0 Å². The second kappa shape index (κ2) is 7.07. The van der Waals surface area contributed by atoms with Gasteiger partial charge in [0, 0.05) is 26.0 Å². The summed E-state index contributed by atoms with van der Waals surface area (Å²) in [6, 6.07) is 15.1. The monoisotopic (exact) mass is 384 g/mol. The zero-order chi connectivity index (χ0) is 19.7. The fourth-order valence-electron chi connectivity index (χ4n) is 3.45. The normalized spacial score (nSPS) is 15.9. The van der Waals surface area contributed by atoms with Crippen LogP contribution in [-0.2, 0) is 12.7 Å². The van der Waals surface area contributed by atoms with Crippen molar-refractivity contribution in [3.05, 3.63) is 83.7 Å². The van der Waals surface area contributed by atoms with E-state index in [1.54, 1.807) is 18.5 Å². The Kier molecular flexibility index (Phi) is 4.58. The van der Waals surface area contributed by atoms with Crippen LogP contribution < -0.4 is 15.5 Å². The number of pyridine rings is 1. The van der Waals surface area contributed by atoms with Gasteiger partial charge in [-0.3, -0.25) is 4.98 Å². The highest BCUT2D eigenvalue weighted by atomic mass is 19.4. The maximum Gasteiger partial charge on any atom is 0.416 e. The molecule has 1 aliphatic rings. The van der Waals surface area contributed by atoms with Crippen LogP contribution in [0.25, 0.3) is 0 Å². The molecule has 1 aromatic heterocycles. The van der Waals surface area contributed by atoms with E-state index in [-0.39, 0.29) is 6.17 Å². The third-order valence-electron chi connectivity index (χ3n) is 4.80. The summed E-state index contributed by atoms with van der Waals surface area (Å²) in [7, 11) is 1.87. The number of rotatable bonds is 4. The molecule has 2 N–H and O–H groups in total. The Balaban J connectivity index is 1.60. The van der Waals surface area contributed by atoms with Gasteiger partial charge in [0.25, 0.3) is 0 Å². The van der Waals surface area contributed by atoms with E-state index < -0.39 is 11.7 Å². The average molecular weight is 384 g/mol. The molecule has 1 unspecified atom stereocenters. The predicted octanol–water partition coefficient (Wildman–Crippen LogP) is 5.27. The Morgan fingerprint density at radius 3 is 2.68 bits per heavy atom. The van der Waals surface area contributed by atoms with Crippen LogP contribution in [-0.4, -0.2) is 12.0 Å². The summed E-state index contributed by atoms with van der Waals surface area (Å²) in [4.78, 5) is 6.06. The topological polar surface area (TPSA) is 40.2 Å². The van der Waals surface area contributed by atoms with Gasteiger partial charge in [0.2, 0.25) is 0 Å². The SMILES string of the molecule is CN1c2c(NCc3cccnc3)cccc2NC1c1cccc(C(F)(F)F)c1. The molecular weight excluding hydrogens is 365 g/mol. The number of halogens is 3. The second-order valence-electron chi connectivity index (χ2n) is 6.70. The Morgan fingerprint density at radius 2 is 1.93 bits per heavy atom. The number of nitrogens with one attached hydrogen (secondary N) is 2. The lowest BCUT2D eigenvalue weighted by atomic mass is 10.1. The highest BCUT2D eigenvalue weighted by Gasteiger charge is 2.33. The molecule has 1 aliphatic heterocycles. The molecular formula is C21H19F3N4. The first-order chi connectivity index (χ1) is 13.4. The number of hydrogen-bond acceptors (Lipinski definition) is 4. The molecule has 0 amide bonds. The van der Waals surface area contributed by atoms with Gasteiger partial charge < -0.3 is 15.5 Å². The van der Waals surface area contributed by atoms with Crippen LogP contribution in [0.1, 0.15) is 22.9 Å². The van der Waals surface area contributed by atoms with Crippen LogP contribution >= 0.6 is 0 Å². The molecule has 3 aromatic rings. The highest BCUT2D eigenvalue weighted by Crippen LogP contribution is 2.45. The maximum absolute atomic E-state index is 13.1. The Hall–Kier alpha value is -3.22. The lowest BCUT2D eigenvalue weighted by molar-refractivity contribution is -0.137. The zero-order valence-corrected chi connectivity index (χ0v) is 15.2. The number of para-hydroxylation sites is 1. The fraction of sp³-hybridized carbons (Fsp3) is 0.190. The summed E-state index contributed by atoms with van der Waals surface area (Å²) in [5.41, 5.74) is 3.67. The molecule has 0 fully saturated rings. The number of hydrogen-bond donors (Lipinski definition) is 2. The molecule has 28 heavy (non-hydrogen) atoms. The van der Waals surface area contributed by atoms with E-state index in [0.717, 1.165) is 28.7 Å². The minimum Gasteiger partial charge on any atom is -0.379 e. The third kappa shape index (κ3) is 3.47. The van der Waals surface area contributed by atoms with Crippen molar-refractivity contribution in [2.45, 2.75) is 18.9 Å². The number of aromatic nitrogens is 1. The molecule has 1 atom stereocenters.